The van der Waals surface area contributed by atoms with Crippen molar-refractivity contribution in [2.75, 3.05) is 20.2 Å². The summed E-state index contributed by atoms with van der Waals surface area (Å²) in [6, 6.07) is 15.6. The van der Waals surface area contributed by atoms with Crippen molar-refractivity contribution in [2.45, 2.75) is 26.2 Å². The lowest BCUT2D eigenvalue weighted by atomic mass is 10.1. The van der Waals surface area contributed by atoms with Crippen LogP contribution in [0.3, 0.4) is 0 Å². The Bertz CT molecular complexity index is 955. The smallest absolute Gasteiger partial charge is 0.253 e. The first-order valence-corrected chi connectivity index (χ1v) is 9.85. The van der Waals surface area contributed by atoms with Crippen LogP contribution in [0, 0.1) is 5.82 Å². The number of H-pyrrole nitrogens is 1. The number of nitrogens with one attached hydrogen (secondary N) is 1. The maximum Gasteiger partial charge on any atom is 0.253 e. The molecule has 0 radical (unpaired) electrons. The van der Waals surface area contributed by atoms with E-state index in [1.165, 1.54) is 12.1 Å². The number of carbonyl (C=O) groups is 1. The molecule has 3 aromatic rings. The first-order valence-electron chi connectivity index (χ1n) is 9.85. The lowest BCUT2D eigenvalue weighted by Crippen LogP contribution is -2.28. The van der Waals surface area contributed by atoms with E-state index in [0.29, 0.717) is 30.2 Å². The normalized spacial score (nSPS) is 10.7. The van der Waals surface area contributed by atoms with Crippen LogP contribution in [0.4, 0.5) is 4.39 Å². The van der Waals surface area contributed by atoms with Crippen LogP contribution in [-0.4, -0.2) is 41.2 Å². The second-order valence-corrected chi connectivity index (χ2v) is 7.00. The summed E-state index contributed by atoms with van der Waals surface area (Å²) in [6.07, 6.45) is 2.46. The highest BCUT2D eigenvalue weighted by Gasteiger charge is 2.13. The number of ether oxygens (including phenoxy) is 1. The van der Waals surface area contributed by atoms with Crippen molar-refractivity contribution in [3.8, 4) is 17.0 Å². The van der Waals surface area contributed by atoms with Gasteiger partial charge in [0.25, 0.3) is 5.91 Å². The molecule has 152 valence electrons. The summed E-state index contributed by atoms with van der Waals surface area (Å²) in [5, 5.41) is 7.25. The number of aromatic nitrogens is 2. The molecule has 0 spiro atoms. The van der Waals surface area contributed by atoms with Crippen LogP contribution in [0.1, 0.15) is 35.8 Å². The number of amides is 1. The second kappa shape index (κ2) is 9.87. The van der Waals surface area contributed by atoms with Gasteiger partial charge in [-0.15, -0.1) is 0 Å². The quantitative estimate of drug-likeness (QED) is 0.571. The number of aryl methyl sites for hydroxylation is 1. The van der Waals surface area contributed by atoms with Gasteiger partial charge in [-0.1, -0.05) is 25.1 Å². The van der Waals surface area contributed by atoms with Gasteiger partial charge >= 0.3 is 0 Å². The molecule has 1 aromatic heterocycles. The molecular weight excluding hydrogens is 369 g/mol. The van der Waals surface area contributed by atoms with Crippen LogP contribution < -0.4 is 4.74 Å². The lowest BCUT2D eigenvalue weighted by Gasteiger charge is -2.17. The molecule has 1 N–H and O–H groups in total. The van der Waals surface area contributed by atoms with E-state index in [0.717, 1.165) is 30.5 Å². The Morgan fingerprint density at radius 3 is 2.79 bits per heavy atom. The van der Waals surface area contributed by atoms with Gasteiger partial charge in [0.15, 0.2) is 0 Å². The van der Waals surface area contributed by atoms with Gasteiger partial charge in [0.1, 0.15) is 11.6 Å². The van der Waals surface area contributed by atoms with Crippen LogP contribution in [0.15, 0.2) is 54.6 Å². The number of benzene rings is 2. The number of aromatic amines is 1. The van der Waals surface area contributed by atoms with Crippen molar-refractivity contribution in [3.63, 3.8) is 0 Å². The molecule has 1 amide bonds. The van der Waals surface area contributed by atoms with Gasteiger partial charge in [0.2, 0.25) is 0 Å². The van der Waals surface area contributed by atoms with E-state index in [4.69, 9.17) is 4.74 Å². The minimum atomic E-state index is -0.281. The summed E-state index contributed by atoms with van der Waals surface area (Å²) in [7, 11) is 1.80. The van der Waals surface area contributed by atoms with E-state index in [2.05, 4.69) is 10.2 Å². The standard InChI is InChI=1S/C23H26FN3O2/c1-3-13-29-21-11-5-8-18(15-21)23(28)27(2)12-6-10-20-16-22(26-25-20)17-7-4-9-19(24)14-17/h4-5,7-9,11,14-16H,3,6,10,12-13H2,1-2H3,(H,25,26). The fourth-order valence-electron chi connectivity index (χ4n) is 3.05. The van der Waals surface area contributed by atoms with Crippen molar-refractivity contribution in [2.24, 2.45) is 0 Å². The molecule has 0 saturated carbocycles. The van der Waals surface area contributed by atoms with E-state index in [9.17, 15) is 9.18 Å². The Kier molecular flexibility index (Phi) is 7.00. The molecule has 0 aliphatic heterocycles. The summed E-state index contributed by atoms with van der Waals surface area (Å²) < 4.78 is 19.0. The van der Waals surface area contributed by atoms with Gasteiger partial charge < -0.3 is 9.64 Å². The van der Waals surface area contributed by atoms with Gasteiger partial charge in [0, 0.05) is 30.4 Å². The molecule has 0 atom stereocenters. The number of rotatable bonds is 9. The molecule has 2 aromatic carbocycles. The van der Waals surface area contributed by atoms with Crippen LogP contribution in [0.5, 0.6) is 5.75 Å². The van der Waals surface area contributed by atoms with Gasteiger partial charge in [0.05, 0.1) is 12.3 Å². The number of nitrogens with zero attached hydrogens (tertiary/aromatic N) is 2. The number of hydrogen-bond acceptors (Lipinski definition) is 3. The monoisotopic (exact) mass is 395 g/mol. The average molecular weight is 395 g/mol. The van der Waals surface area contributed by atoms with Crippen LogP contribution >= 0.6 is 0 Å². The predicted octanol–water partition coefficient (Wildman–Crippen LogP) is 4.71. The largest absolute Gasteiger partial charge is 0.494 e. The maximum atomic E-state index is 13.4. The van der Waals surface area contributed by atoms with Crippen LogP contribution in [-0.2, 0) is 6.42 Å². The van der Waals surface area contributed by atoms with Crippen molar-refractivity contribution in [1.29, 1.82) is 0 Å². The molecule has 0 aliphatic carbocycles. The zero-order valence-corrected chi connectivity index (χ0v) is 16.8. The number of hydrogen-bond donors (Lipinski definition) is 1. The van der Waals surface area contributed by atoms with Gasteiger partial charge in [-0.2, -0.15) is 5.10 Å². The third kappa shape index (κ3) is 5.67. The predicted molar refractivity (Wildman–Crippen MR) is 111 cm³/mol. The summed E-state index contributed by atoms with van der Waals surface area (Å²) in [4.78, 5) is 14.4. The minimum absolute atomic E-state index is 0.0305. The molecule has 1 heterocycles. The number of carbonyl (C=O) groups excluding carboxylic acids is 1. The van der Waals surface area contributed by atoms with Crippen molar-refractivity contribution >= 4 is 5.91 Å². The summed E-state index contributed by atoms with van der Waals surface area (Å²) in [5.41, 5.74) is 3.04. The van der Waals surface area contributed by atoms with E-state index in [-0.39, 0.29) is 11.7 Å². The fourth-order valence-corrected chi connectivity index (χ4v) is 3.05. The average Bonchev–Trinajstić information content (AvgIpc) is 3.21. The molecule has 0 fully saturated rings. The third-order valence-electron chi connectivity index (χ3n) is 4.59. The van der Waals surface area contributed by atoms with Crippen molar-refractivity contribution < 1.29 is 13.9 Å². The Hall–Kier alpha value is -3.15. The Balaban J connectivity index is 1.52. The minimum Gasteiger partial charge on any atom is -0.494 e. The highest BCUT2D eigenvalue weighted by Crippen LogP contribution is 2.19. The summed E-state index contributed by atoms with van der Waals surface area (Å²) >= 11 is 0. The zero-order valence-electron chi connectivity index (χ0n) is 16.8. The van der Waals surface area contributed by atoms with Gasteiger partial charge in [-0.3, -0.25) is 9.89 Å². The molecule has 0 saturated heterocycles. The molecule has 3 rings (SSSR count). The topological polar surface area (TPSA) is 58.2 Å². The maximum absolute atomic E-state index is 13.4. The summed E-state index contributed by atoms with van der Waals surface area (Å²) in [5.74, 6) is 0.404. The van der Waals surface area contributed by atoms with Crippen molar-refractivity contribution in [1.82, 2.24) is 15.1 Å². The van der Waals surface area contributed by atoms with Crippen molar-refractivity contribution in [3.05, 3.63) is 71.7 Å². The van der Waals surface area contributed by atoms with Crippen LogP contribution in [0.25, 0.3) is 11.3 Å². The van der Waals surface area contributed by atoms with E-state index < -0.39 is 0 Å². The number of halogens is 1. The molecule has 5 nitrogen and oxygen atoms in total. The molecule has 0 bridgehead atoms. The Labute approximate surface area is 170 Å². The third-order valence-corrected chi connectivity index (χ3v) is 4.59. The summed E-state index contributed by atoms with van der Waals surface area (Å²) in [6.45, 7) is 3.30. The van der Waals surface area contributed by atoms with Gasteiger partial charge in [-0.05, 0) is 55.7 Å². The molecule has 6 heteroatoms. The SMILES string of the molecule is CCCOc1cccc(C(=O)N(C)CCCc2cc(-c3cccc(F)c3)n[nH]2)c1. The van der Waals surface area contributed by atoms with E-state index in [1.807, 2.05) is 31.2 Å². The fraction of sp³-hybridized carbons (Fsp3) is 0.304. The zero-order chi connectivity index (χ0) is 20.6. The molecule has 29 heavy (non-hydrogen) atoms. The highest BCUT2D eigenvalue weighted by atomic mass is 19.1. The molecular formula is C23H26FN3O2. The Morgan fingerprint density at radius 1 is 1.17 bits per heavy atom. The first kappa shape index (κ1) is 20.6. The van der Waals surface area contributed by atoms with Gasteiger partial charge in [-0.25, -0.2) is 4.39 Å². The molecule has 0 aliphatic rings. The van der Waals surface area contributed by atoms with E-state index in [1.54, 1.807) is 30.1 Å². The first-order chi connectivity index (χ1) is 14.1. The lowest BCUT2D eigenvalue weighted by molar-refractivity contribution is 0.0793. The Morgan fingerprint density at radius 2 is 2.00 bits per heavy atom. The highest BCUT2D eigenvalue weighted by molar-refractivity contribution is 5.94. The molecule has 0 unspecified atom stereocenters. The van der Waals surface area contributed by atoms with E-state index >= 15 is 0 Å². The van der Waals surface area contributed by atoms with Crippen LogP contribution in [0.2, 0.25) is 0 Å². The second-order valence-electron chi connectivity index (χ2n) is 7.00.